The molecule has 0 bridgehead atoms. The van der Waals surface area contributed by atoms with E-state index in [0.29, 0.717) is 0 Å². The Morgan fingerprint density at radius 2 is 2.15 bits per heavy atom. The number of ketones is 1. The molecule has 0 aromatic carbocycles. The number of nitrogens with zero attached hydrogens (tertiary/aromatic N) is 1. The van der Waals surface area contributed by atoms with Gasteiger partial charge in [0, 0.05) is 14.0 Å². The Hall–Kier alpha value is -1.04. The molecule has 1 unspecified atom stereocenters. The molecule has 1 heterocycles. The van der Waals surface area contributed by atoms with Gasteiger partial charge in [0.2, 0.25) is 0 Å². The van der Waals surface area contributed by atoms with Crippen molar-refractivity contribution in [3.05, 3.63) is 11.8 Å². The number of carbonyl (C=O) groups excluding carboxylic acids is 1. The van der Waals surface area contributed by atoms with Crippen molar-refractivity contribution in [2.45, 2.75) is 19.1 Å². The number of nitrogens with one attached hydrogen (secondary N) is 1. The van der Waals surface area contributed by atoms with Gasteiger partial charge in [-0.15, -0.1) is 0 Å². The van der Waals surface area contributed by atoms with Gasteiger partial charge < -0.3 is 5.01 Å². The van der Waals surface area contributed by atoms with Gasteiger partial charge in [0.1, 0.15) is 6.04 Å². The van der Waals surface area contributed by atoms with Crippen LogP contribution in [0, 0.1) is 0 Å². The lowest BCUT2D eigenvalue weighted by atomic mass is 10.2. The number of allylic oxidation sites excluding steroid dienone is 1. The molecule has 3 nitrogen and oxygen atoms in total. The molecule has 0 aromatic heterocycles. The summed E-state index contributed by atoms with van der Waals surface area (Å²) in [5, 5.41) is 1.08. The Balaban J connectivity index is 2.84. The van der Waals surface area contributed by atoms with Crippen LogP contribution < -0.4 is 5.43 Å². The molecular formula is C7H9F3N2O. The van der Waals surface area contributed by atoms with Crippen LogP contribution in [0.15, 0.2) is 11.8 Å². The largest absolute Gasteiger partial charge is 0.409 e. The average Bonchev–Trinajstić information content (AvgIpc) is 2.29. The predicted octanol–water partition coefficient (Wildman–Crippen LogP) is 0.840. The third-order valence-electron chi connectivity index (χ3n) is 1.73. The summed E-state index contributed by atoms with van der Waals surface area (Å²) in [7, 11) is 1.37. The van der Waals surface area contributed by atoms with Gasteiger partial charge in [-0.05, 0) is 6.08 Å². The fourth-order valence-corrected chi connectivity index (χ4v) is 1.11. The molecule has 1 aliphatic heterocycles. The van der Waals surface area contributed by atoms with Gasteiger partial charge in [-0.1, -0.05) is 0 Å². The average molecular weight is 194 g/mol. The van der Waals surface area contributed by atoms with E-state index in [1.54, 1.807) is 0 Å². The number of halogens is 3. The summed E-state index contributed by atoms with van der Waals surface area (Å²) in [5.74, 6) is -0.387. The number of likely N-dealkylation sites (N-methyl/N-ethyl adjacent to an activating group) is 1. The molecule has 1 aliphatic rings. The molecule has 0 fully saturated rings. The van der Waals surface area contributed by atoms with E-state index < -0.39 is 12.2 Å². The Bertz CT molecular complexity index is 259. The minimum Gasteiger partial charge on any atom is -0.307 e. The molecule has 0 saturated carbocycles. The summed E-state index contributed by atoms with van der Waals surface area (Å²) in [4.78, 5) is 10.8. The lowest BCUT2D eigenvalue weighted by molar-refractivity contribution is -0.149. The molecule has 0 spiro atoms. The number of alkyl halides is 3. The summed E-state index contributed by atoms with van der Waals surface area (Å²) in [5.41, 5.74) is 2.16. The lowest BCUT2D eigenvalue weighted by Gasteiger charge is -2.18. The molecule has 0 saturated heterocycles. The summed E-state index contributed by atoms with van der Waals surface area (Å²) in [6, 6.07) is -1.75. The number of hydrogen-bond acceptors (Lipinski definition) is 3. The summed E-state index contributed by atoms with van der Waals surface area (Å²) in [6.45, 7) is 1.22. The quantitative estimate of drug-likeness (QED) is 0.671. The van der Waals surface area contributed by atoms with E-state index >= 15 is 0 Å². The van der Waals surface area contributed by atoms with Crippen molar-refractivity contribution in [2.24, 2.45) is 0 Å². The van der Waals surface area contributed by atoms with E-state index in [1.165, 1.54) is 14.0 Å². The molecule has 0 aliphatic carbocycles. The van der Waals surface area contributed by atoms with Gasteiger partial charge in [0.05, 0.1) is 5.70 Å². The van der Waals surface area contributed by atoms with E-state index in [-0.39, 0.29) is 11.5 Å². The van der Waals surface area contributed by atoms with Crippen LogP contribution in [0.3, 0.4) is 0 Å². The van der Waals surface area contributed by atoms with Gasteiger partial charge in [0.15, 0.2) is 5.78 Å². The number of hydrazine groups is 1. The number of carbonyl (C=O) groups is 1. The van der Waals surface area contributed by atoms with Crippen LogP contribution in [0.2, 0.25) is 0 Å². The van der Waals surface area contributed by atoms with Gasteiger partial charge in [-0.3, -0.25) is 4.79 Å². The van der Waals surface area contributed by atoms with Gasteiger partial charge in [0.25, 0.3) is 0 Å². The molecule has 0 radical (unpaired) electrons. The molecule has 1 rings (SSSR count). The standard InChI is InChI=1S/C7H9F3N2O/c1-4(13)5-3-6(7(8,9)10)11-12(5)2/h3,6,11H,1-2H3. The fourth-order valence-electron chi connectivity index (χ4n) is 1.11. The smallest absolute Gasteiger partial charge is 0.307 e. The molecule has 13 heavy (non-hydrogen) atoms. The molecule has 1 N–H and O–H groups in total. The maximum absolute atomic E-state index is 12.1. The summed E-state index contributed by atoms with van der Waals surface area (Å²) >= 11 is 0. The van der Waals surface area contributed by atoms with Crippen molar-refractivity contribution in [2.75, 3.05) is 7.05 Å². The second kappa shape index (κ2) is 3.02. The first-order chi connectivity index (χ1) is 5.82. The van der Waals surface area contributed by atoms with Gasteiger partial charge >= 0.3 is 6.18 Å². The highest BCUT2D eigenvalue weighted by atomic mass is 19.4. The fraction of sp³-hybridized carbons (Fsp3) is 0.571. The monoisotopic (exact) mass is 194 g/mol. The van der Waals surface area contributed by atoms with E-state index in [1.807, 2.05) is 0 Å². The maximum Gasteiger partial charge on any atom is 0.409 e. The Morgan fingerprint density at radius 1 is 1.62 bits per heavy atom. The second-order valence-corrected chi connectivity index (χ2v) is 2.82. The second-order valence-electron chi connectivity index (χ2n) is 2.82. The predicted molar refractivity (Wildman–Crippen MR) is 39.5 cm³/mol. The minimum absolute atomic E-state index is 0.0438. The molecule has 0 aromatic rings. The van der Waals surface area contributed by atoms with Crippen LogP contribution in [-0.4, -0.2) is 30.1 Å². The van der Waals surface area contributed by atoms with E-state index in [0.717, 1.165) is 11.1 Å². The topological polar surface area (TPSA) is 32.3 Å². The van der Waals surface area contributed by atoms with Gasteiger partial charge in [-0.2, -0.15) is 13.2 Å². The first kappa shape index (κ1) is 10.0. The highest BCUT2D eigenvalue weighted by Crippen LogP contribution is 2.26. The molecular weight excluding hydrogens is 185 g/mol. The van der Waals surface area contributed by atoms with Crippen molar-refractivity contribution in [3.8, 4) is 0 Å². The number of hydrogen-bond donors (Lipinski definition) is 1. The van der Waals surface area contributed by atoms with Crippen molar-refractivity contribution in [1.82, 2.24) is 10.4 Å². The van der Waals surface area contributed by atoms with E-state index in [4.69, 9.17) is 0 Å². The van der Waals surface area contributed by atoms with E-state index in [2.05, 4.69) is 5.43 Å². The third kappa shape index (κ3) is 2.00. The SMILES string of the molecule is CC(=O)C1=CC(C(F)(F)F)NN1C. The van der Waals surface area contributed by atoms with Crippen LogP contribution in [0.4, 0.5) is 13.2 Å². The maximum atomic E-state index is 12.1. The zero-order valence-corrected chi connectivity index (χ0v) is 7.14. The van der Waals surface area contributed by atoms with Gasteiger partial charge in [-0.25, -0.2) is 5.43 Å². The van der Waals surface area contributed by atoms with Crippen molar-refractivity contribution < 1.29 is 18.0 Å². The van der Waals surface area contributed by atoms with Crippen LogP contribution in [0.1, 0.15) is 6.92 Å². The van der Waals surface area contributed by atoms with E-state index in [9.17, 15) is 18.0 Å². The first-order valence-electron chi connectivity index (χ1n) is 3.61. The Labute approximate surface area is 73.2 Å². The van der Waals surface area contributed by atoms with Crippen molar-refractivity contribution in [3.63, 3.8) is 0 Å². The molecule has 6 heteroatoms. The summed E-state index contributed by atoms with van der Waals surface area (Å²) < 4.78 is 36.4. The lowest BCUT2D eigenvalue weighted by Crippen LogP contribution is -2.43. The van der Waals surface area contributed by atoms with Crippen molar-refractivity contribution >= 4 is 5.78 Å². The molecule has 74 valence electrons. The third-order valence-corrected chi connectivity index (χ3v) is 1.73. The van der Waals surface area contributed by atoms with Crippen LogP contribution in [-0.2, 0) is 4.79 Å². The summed E-state index contributed by atoms with van der Waals surface area (Å²) in [6.07, 6.45) is -3.48. The highest BCUT2D eigenvalue weighted by molar-refractivity contribution is 5.93. The molecule has 1 atom stereocenters. The van der Waals surface area contributed by atoms with Crippen LogP contribution >= 0.6 is 0 Å². The van der Waals surface area contributed by atoms with Crippen LogP contribution in [0.25, 0.3) is 0 Å². The highest BCUT2D eigenvalue weighted by Gasteiger charge is 2.42. The first-order valence-corrected chi connectivity index (χ1v) is 3.61. The zero-order chi connectivity index (χ0) is 10.2. The number of rotatable bonds is 1. The normalized spacial score (nSPS) is 23.3. The van der Waals surface area contributed by atoms with Crippen LogP contribution in [0.5, 0.6) is 0 Å². The molecule has 0 amide bonds. The Kier molecular flexibility index (Phi) is 2.34. The number of Topliss-reactive ketones (excluding diaryl/α,β-unsaturated/α-hetero) is 1. The van der Waals surface area contributed by atoms with Crippen molar-refractivity contribution in [1.29, 1.82) is 0 Å². The minimum atomic E-state index is -4.36. The zero-order valence-electron chi connectivity index (χ0n) is 7.14. The Morgan fingerprint density at radius 3 is 2.38 bits per heavy atom.